The SMILES string of the molecule is O=C(Cc1noc2ccccc12)NCCS(=O)Cc1ccccc1. The van der Waals surface area contributed by atoms with Crippen molar-refractivity contribution in [1.82, 2.24) is 10.5 Å². The third kappa shape index (κ3) is 4.29. The van der Waals surface area contributed by atoms with Crippen molar-refractivity contribution >= 4 is 27.7 Å². The van der Waals surface area contributed by atoms with Crippen LogP contribution in [0, 0.1) is 0 Å². The second kappa shape index (κ2) is 7.88. The number of aromatic nitrogens is 1. The number of fused-ring (bicyclic) bond motifs is 1. The van der Waals surface area contributed by atoms with E-state index in [0.717, 1.165) is 10.9 Å². The molecular formula is C18H18N2O3S. The number of carbonyl (C=O) groups excluding carboxylic acids is 1. The summed E-state index contributed by atoms with van der Waals surface area (Å²) in [5.41, 5.74) is 2.33. The molecule has 1 amide bonds. The molecule has 1 aromatic heterocycles. The van der Waals surface area contributed by atoms with Crippen LogP contribution in [0.4, 0.5) is 0 Å². The highest BCUT2D eigenvalue weighted by Crippen LogP contribution is 2.17. The highest BCUT2D eigenvalue weighted by atomic mass is 32.2. The number of benzene rings is 2. The van der Waals surface area contributed by atoms with Gasteiger partial charge in [-0.25, -0.2) is 0 Å². The van der Waals surface area contributed by atoms with Gasteiger partial charge in [-0.1, -0.05) is 47.6 Å². The van der Waals surface area contributed by atoms with E-state index < -0.39 is 10.8 Å². The van der Waals surface area contributed by atoms with E-state index in [2.05, 4.69) is 10.5 Å². The third-order valence-electron chi connectivity index (χ3n) is 3.60. The van der Waals surface area contributed by atoms with Crippen LogP contribution < -0.4 is 5.32 Å². The number of nitrogens with zero attached hydrogens (tertiary/aromatic N) is 1. The predicted molar refractivity (Wildman–Crippen MR) is 93.9 cm³/mol. The standard InChI is InChI=1S/C18H18N2O3S/c21-18(12-16-15-8-4-5-9-17(15)23-20-16)19-10-11-24(22)13-14-6-2-1-3-7-14/h1-9H,10-13H2,(H,19,21). The van der Waals surface area contributed by atoms with Crippen LogP contribution in [0.3, 0.4) is 0 Å². The summed E-state index contributed by atoms with van der Waals surface area (Å²) in [6.07, 6.45) is 0.155. The van der Waals surface area contributed by atoms with Crippen molar-refractivity contribution in [3.05, 3.63) is 65.9 Å². The summed E-state index contributed by atoms with van der Waals surface area (Å²) in [6.45, 7) is 0.383. The molecule has 0 saturated heterocycles. The largest absolute Gasteiger partial charge is 0.356 e. The monoisotopic (exact) mass is 342 g/mol. The fraction of sp³-hybridized carbons (Fsp3) is 0.222. The van der Waals surface area contributed by atoms with Gasteiger partial charge < -0.3 is 9.84 Å². The number of hydrogen-bond donors (Lipinski definition) is 1. The lowest BCUT2D eigenvalue weighted by Gasteiger charge is -2.05. The van der Waals surface area contributed by atoms with Crippen molar-refractivity contribution in [2.75, 3.05) is 12.3 Å². The molecule has 1 heterocycles. The zero-order chi connectivity index (χ0) is 16.8. The Balaban J connectivity index is 1.45. The minimum absolute atomic E-state index is 0.147. The molecule has 0 fully saturated rings. The van der Waals surface area contributed by atoms with Crippen molar-refractivity contribution in [3.63, 3.8) is 0 Å². The second-order valence-corrected chi connectivity index (χ2v) is 7.00. The van der Waals surface area contributed by atoms with E-state index >= 15 is 0 Å². The fourth-order valence-corrected chi connectivity index (χ4v) is 3.46. The summed E-state index contributed by atoms with van der Waals surface area (Å²) in [7, 11) is -0.997. The van der Waals surface area contributed by atoms with Gasteiger partial charge in [-0.3, -0.25) is 9.00 Å². The van der Waals surface area contributed by atoms with Gasteiger partial charge in [-0.05, 0) is 17.7 Å². The molecular weight excluding hydrogens is 324 g/mol. The predicted octanol–water partition coefficient (Wildman–Crippen LogP) is 2.44. The van der Waals surface area contributed by atoms with E-state index in [9.17, 15) is 9.00 Å². The van der Waals surface area contributed by atoms with Crippen LogP contribution in [-0.4, -0.2) is 27.6 Å². The van der Waals surface area contributed by atoms with E-state index in [0.29, 0.717) is 29.3 Å². The van der Waals surface area contributed by atoms with Gasteiger partial charge in [-0.2, -0.15) is 0 Å². The lowest BCUT2D eigenvalue weighted by molar-refractivity contribution is -0.120. The van der Waals surface area contributed by atoms with E-state index in [4.69, 9.17) is 4.52 Å². The highest BCUT2D eigenvalue weighted by molar-refractivity contribution is 7.84. The number of carbonyl (C=O) groups is 1. The molecule has 1 N–H and O–H groups in total. The Hall–Kier alpha value is -2.47. The Morgan fingerprint density at radius 1 is 1.08 bits per heavy atom. The first kappa shape index (κ1) is 16.4. The molecule has 0 aliphatic heterocycles. The maximum absolute atomic E-state index is 12.0. The summed E-state index contributed by atoms with van der Waals surface area (Å²) in [5, 5.41) is 7.57. The first-order valence-corrected chi connectivity index (χ1v) is 9.20. The topological polar surface area (TPSA) is 72.2 Å². The molecule has 0 aliphatic rings. The smallest absolute Gasteiger partial charge is 0.226 e. The van der Waals surface area contributed by atoms with Gasteiger partial charge in [0.2, 0.25) is 5.91 Å². The second-order valence-electron chi connectivity index (χ2n) is 5.43. The van der Waals surface area contributed by atoms with Gasteiger partial charge in [0.15, 0.2) is 5.58 Å². The molecule has 3 rings (SSSR count). The van der Waals surface area contributed by atoms with Gasteiger partial charge in [0.25, 0.3) is 0 Å². The van der Waals surface area contributed by atoms with Crippen LogP contribution in [0.15, 0.2) is 59.1 Å². The summed E-state index contributed by atoms with van der Waals surface area (Å²) in [5.74, 6) is 0.788. The number of amides is 1. The zero-order valence-electron chi connectivity index (χ0n) is 13.1. The first-order valence-electron chi connectivity index (χ1n) is 7.71. The molecule has 2 aromatic carbocycles. The Morgan fingerprint density at radius 2 is 1.83 bits per heavy atom. The summed E-state index contributed by atoms with van der Waals surface area (Å²) in [6, 6.07) is 17.1. The summed E-state index contributed by atoms with van der Waals surface area (Å²) in [4.78, 5) is 12.0. The molecule has 0 bridgehead atoms. The minimum Gasteiger partial charge on any atom is -0.356 e. The molecule has 1 unspecified atom stereocenters. The molecule has 3 aromatic rings. The molecule has 24 heavy (non-hydrogen) atoms. The van der Waals surface area contributed by atoms with Crippen LogP contribution in [-0.2, 0) is 27.8 Å². The highest BCUT2D eigenvalue weighted by Gasteiger charge is 2.12. The third-order valence-corrected chi connectivity index (χ3v) is 4.92. The van der Waals surface area contributed by atoms with Gasteiger partial charge in [0.1, 0.15) is 5.69 Å². The first-order chi connectivity index (χ1) is 11.7. The lowest BCUT2D eigenvalue weighted by atomic mass is 10.2. The van der Waals surface area contributed by atoms with Crippen molar-refractivity contribution in [2.45, 2.75) is 12.2 Å². The van der Waals surface area contributed by atoms with E-state index in [1.807, 2.05) is 54.6 Å². The van der Waals surface area contributed by atoms with Crippen LogP contribution in [0.25, 0.3) is 11.0 Å². The molecule has 1 atom stereocenters. The average molecular weight is 342 g/mol. The van der Waals surface area contributed by atoms with Gasteiger partial charge in [0.05, 0.1) is 6.42 Å². The number of hydrogen-bond acceptors (Lipinski definition) is 4. The zero-order valence-corrected chi connectivity index (χ0v) is 13.9. The quantitative estimate of drug-likeness (QED) is 0.716. The maximum Gasteiger partial charge on any atom is 0.226 e. The van der Waals surface area contributed by atoms with E-state index in [1.165, 1.54) is 0 Å². The van der Waals surface area contributed by atoms with E-state index in [-0.39, 0.29) is 12.3 Å². The van der Waals surface area contributed by atoms with Crippen LogP contribution >= 0.6 is 0 Å². The number of rotatable bonds is 7. The molecule has 0 radical (unpaired) electrons. The van der Waals surface area contributed by atoms with Gasteiger partial charge in [0, 0.05) is 34.2 Å². The molecule has 5 nitrogen and oxygen atoms in total. The van der Waals surface area contributed by atoms with Crippen LogP contribution in [0.2, 0.25) is 0 Å². The lowest BCUT2D eigenvalue weighted by Crippen LogP contribution is -2.29. The molecule has 0 aliphatic carbocycles. The fourth-order valence-electron chi connectivity index (χ4n) is 2.42. The van der Waals surface area contributed by atoms with Gasteiger partial charge >= 0.3 is 0 Å². The Bertz CT molecular complexity index is 846. The molecule has 0 spiro atoms. The average Bonchev–Trinajstić information content (AvgIpc) is 2.99. The Kier molecular flexibility index (Phi) is 5.38. The minimum atomic E-state index is -0.997. The van der Waals surface area contributed by atoms with Crippen molar-refractivity contribution in [1.29, 1.82) is 0 Å². The van der Waals surface area contributed by atoms with Crippen molar-refractivity contribution in [2.24, 2.45) is 0 Å². The maximum atomic E-state index is 12.0. The Morgan fingerprint density at radius 3 is 2.67 bits per heavy atom. The van der Waals surface area contributed by atoms with Crippen LogP contribution in [0.5, 0.6) is 0 Å². The molecule has 0 saturated carbocycles. The Labute approximate surface area is 142 Å². The van der Waals surface area contributed by atoms with Gasteiger partial charge in [-0.15, -0.1) is 0 Å². The van der Waals surface area contributed by atoms with E-state index in [1.54, 1.807) is 0 Å². The van der Waals surface area contributed by atoms with Crippen molar-refractivity contribution < 1.29 is 13.5 Å². The normalized spacial score (nSPS) is 12.2. The van der Waals surface area contributed by atoms with Crippen LogP contribution in [0.1, 0.15) is 11.3 Å². The summed E-state index contributed by atoms with van der Waals surface area (Å²) >= 11 is 0. The summed E-state index contributed by atoms with van der Waals surface area (Å²) < 4.78 is 17.2. The number of para-hydroxylation sites is 1. The van der Waals surface area contributed by atoms with Crippen molar-refractivity contribution in [3.8, 4) is 0 Å². The molecule has 6 heteroatoms. The number of nitrogens with one attached hydrogen (secondary N) is 1. The molecule has 124 valence electrons.